The molecule has 1 unspecified atom stereocenters. The first kappa shape index (κ1) is 14.1. The second-order valence-electron chi connectivity index (χ2n) is 5.25. The zero-order valence-corrected chi connectivity index (χ0v) is 11.6. The number of hydrogen-bond donors (Lipinski definition) is 1. The van der Waals surface area contributed by atoms with Crippen LogP contribution in [0.25, 0.3) is 0 Å². The molecular weight excluding hydrogens is 232 g/mol. The van der Waals surface area contributed by atoms with Crippen molar-refractivity contribution in [2.75, 3.05) is 0 Å². The van der Waals surface area contributed by atoms with Crippen LogP contribution in [0.3, 0.4) is 0 Å². The topological polar surface area (TPSA) is 37.3 Å². The van der Waals surface area contributed by atoms with E-state index in [1.165, 1.54) is 0 Å². The fourth-order valence-electron chi connectivity index (χ4n) is 1.19. The molecule has 0 fully saturated rings. The van der Waals surface area contributed by atoms with Gasteiger partial charge in [-0.2, -0.15) is 0 Å². The van der Waals surface area contributed by atoms with E-state index in [1.807, 2.05) is 52.0 Å². The van der Waals surface area contributed by atoms with Crippen molar-refractivity contribution in [1.82, 2.24) is 0 Å². The second-order valence-corrected chi connectivity index (χ2v) is 6.59. The van der Waals surface area contributed by atoms with Gasteiger partial charge < -0.3 is 5.11 Å². The molecule has 0 saturated heterocycles. The summed E-state index contributed by atoms with van der Waals surface area (Å²) >= 11 is 0. The van der Waals surface area contributed by atoms with Gasteiger partial charge in [0, 0.05) is 10.3 Å². The van der Waals surface area contributed by atoms with Gasteiger partial charge in [0.05, 0.1) is 16.9 Å². The molecule has 0 radical (unpaired) electrons. The Morgan fingerprint density at radius 2 is 1.76 bits per heavy atom. The van der Waals surface area contributed by atoms with Gasteiger partial charge in [0.25, 0.3) is 0 Å². The number of aryl methyl sites for hydroxylation is 1. The van der Waals surface area contributed by atoms with Crippen LogP contribution in [-0.2, 0) is 10.8 Å². The van der Waals surface area contributed by atoms with Crippen molar-refractivity contribution in [2.24, 2.45) is 5.41 Å². The minimum absolute atomic E-state index is 0.228. The number of hydrogen-bond acceptors (Lipinski definition) is 2. The molecule has 0 bridgehead atoms. The van der Waals surface area contributed by atoms with E-state index in [1.54, 1.807) is 11.5 Å². The van der Waals surface area contributed by atoms with E-state index >= 15 is 0 Å². The van der Waals surface area contributed by atoms with Gasteiger partial charge in [0.2, 0.25) is 0 Å². The van der Waals surface area contributed by atoms with Crippen molar-refractivity contribution in [3.63, 3.8) is 0 Å². The van der Waals surface area contributed by atoms with Crippen molar-refractivity contribution in [1.29, 1.82) is 0 Å². The van der Waals surface area contributed by atoms with E-state index in [2.05, 4.69) is 0 Å². The highest BCUT2D eigenvalue weighted by Gasteiger charge is 2.19. The molecule has 94 valence electrons. The summed E-state index contributed by atoms with van der Waals surface area (Å²) in [5.74, 6) is 0. The average molecular weight is 252 g/mol. The maximum atomic E-state index is 11.9. The van der Waals surface area contributed by atoms with Crippen LogP contribution >= 0.6 is 0 Å². The Kier molecular flexibility index (Phi) is 4.66. The fourth-order valence-corrected chi connectivity index (χ4v) is 2.04. The van der Waals surface area contributed by atoms with Crippen LogP contribution in [0.2, 0.25) is 0 Å². The standard InChI is InChI=1S/C14H20O2S/c1-11-5-7-12(8-6-11)17(16)10-9-13(15)14(2,3)4/h5-10,13,15H,1-4H3/b10-9+/t13-,17?/m0/s1. The van der Waals surface area contributed by atoms with Crippen molar-refractivity contribution in [2.45, 2.75) is 38.7 Å². The fraction of sp³-hybridized carbons (Fsp3) is 0.429. The zero-order chi connectivity index (χ0) is 13.1. The van der Waals surface area contributed by atoms with Crippen molar-refractivity contribution in [3.05, 3.63) is 41.3 Å². The summed E-state index contributed by atoms with van der Waals surface area (Å²) in [6, 6.07) is 7.56. The summed E-state index contributed by atoms with van der Waals surface area (Å²) in [5.41, 5.74) is 0.915. The molecule has 1 aromatic rings. The van der Waals surface area contributed by atoms with Crippen LogP contribution in [0.1, 0.15) is 26.3 Å². The quantitative estimate of drug-likeness (QED) is 0.898. The van der Waals surface area contributed by atoms with Crippen LogP contribution in [0, 0.1) is 12.3 Å². The Labute approximate surface area is 106 Å². The highest BCUT2D eigenvalue weighted by atomic mass is 32.2. The maximum absolute atomic E-state index is 11.9. The second kappa shape index (κ2) is 5.61. The molecule has 1 N–H and O–H groups in total. The molecule has 0 heterocycles. The van der Waals surface area contributed by atoms with E-state index in [9.17, 15) is 9.32 Å². The minimum Gasteiger partial charge on any atom is -0.388 e. The summed E-state index contributed by atoms with van der Waals surface area (Å²) in [7, 11) is -1.19. The first-order valence-corrected chi connectivity index (χ1v) is 6.85. The third-order valence-electron chi connectivity index (χ3n) is 2.53. The largest absolute Gasteiger partial charge is 0.388 e. The van der Waals surface area contributed by atoms with Crippen LogP contribution < -0.4 is 0 Å². The SMILES string of the molecule is Cc1ccc(S(=O)/C=C/[C@H](O)C(C)(C)C)cc1. The lowest BCUT2D eigenvalue weighted by Crippen LogP contribution is -2.23. The van der Waals surface area contributed by atoms with Gasteiger partial charge in [-0.1, -0.05) is 38.5 Å². The lowest BCUT2D eigenvalue weighted by Gasteiger charge is -2.22. The maximum Gasteiger partial charge on any atom is 0.0778 e. The number of aliphatic hydroxyl groups excluding tert-OH is 1. The smallest absolute Gasteiger partial charge is 0.0778 e. The summed E-state index contributed by atoms with van der Waals surface area (Å²) in [5, 5.41) is 11.4. The van der Waals surface area contributed by atoms with Crippen LogP contribution in [0.5, 0.6) is 0 Å². The molecule has 0 aliphatic heterocycles. The molecule has 0 aliphatic carbocycles. The molecule has 1 aromatic carbocycles. The third-order valence-corrected chi connectivity index (χ3v) is 3.67. The highest BCUT2D eigenvalue weighted by molar-refractivity contribution is 7.88. The molecule has 0 spiro atoms. The molecule has 3 heteroatoms. The predicted octanol–water partition coefficient (Wildman–Crippen LogP) is 3.02. The van der Waals surface area contributed by atoms with Crippen molar-refractivity contribution in [3.8, 4) is 0 Å². The van der Waals surface area contributed by atoms with Gasteiger partial charge in [-0.05, 0) is 30.5 Å². The Hall–Kier alpha value is -0.930. The normalized spacial score (nSPS) is 16.1. The highest BCUT2D eigenvalue weighted by Crippen LogP contribution is 2.20. The van der Waals surface area contributed by atoms with Crippen LogP contribution in [-0.4, -0.2) is 15.4 Å². The molecule has 0 saturated carbocycles. The molecule has 0 aromatic heterocycles. The average Bonchev–Trinajstić information content (AvgIpc) is 2.25. The number of aliphatic hydroxyl groups is 1. The van der Waals surface area contributed by atoms with Gasteiger partial charge in [-0.15, -0.1) is 0 Å². The zero-order valence-electron chi connectivity index (χ0n) is 10.8. The van der Waals surface area contributed by atoms with Gasteiger partial charge in [-0.3, -0.25) is 0 Å². The molecule has 2 nitrogen and oxygen atoms in total. The van der Waals surface area contributed by atoms with Gasteiger partial charge >= 0.3 is 0 Å². The summed E-state index contributed by atoms with van der Waals surface area (Å²) < 4.78 is 11.9. The van der Waals surface area contributed by atoms with Crippen molar-refractivity contribution >= 4 is 10.8 Å². The molecule has 17 heavy (non-hydrogen) atoms. The Balaban J connectivity index is 2.73. The van der Waals surface area contributed by atoms with E-state index in [0.717, 1.165) is 10.5 Å². The Bertz CT molecular complexity index is 413. The third kappa shape index (κ3) is 4.44. The molecule has 1 rings (SSSR count). The summed E-state index contributed by atoms with van der Waals surface area (Å²) in [6.07, 6.45) is 1.02. The first-order valence-electron chi connectivity index (χ1n) is 5.64. The van der Waals surface area contributed by atoms with Crippen LogP contribution in [0.15, 0.2) is 40.6 Å². The van der Waals surface area contributed by atoms with Crippen molar-refractivity contribution < 1.29 is 9.32 Å². The number of rotatable bonds is 3. The first-order chi connectivity index (χ1) is 7.80. The summed E-state index contributed by atoms with van der Waals surface area (Å²) in [4.78, 5) is 0.757. The predicted molar refractivity (Wildman–Crippen MR) is 72.2 cm³/mol. The monoisotopic (exact) mass is 252 g/mol. The van der Waals surface area contributed by atoms with E-state index < -0.39 is 16.9 Å². The lowest BCUT2D eigenvalue weighted by atomic mass is 9.89. The van der Waals surface area contributed by atoms with Gasteiger partial charge in [0.1, 0.15) is 0 Å². The Morgan fingerprint density at radius 1 is 1.24 bits per heavy atom. The van der Waals surface area contributed by atoms with E-state index in [-0.39, 0.29) is 5.41 Å². The Morgan fingerprint density at radius 3 is 2.24 bits per heavy atom. The minimum atomic E-state index is -1.19. The molecule has 0 amide bonds. The van der Waals surface area contributed by atoms with Gasteiger partial charge in [0.15, 0.2) is 0 Å². The molecule has 2 atom stereocenters. The molecule has 0 aliphatic rings. The lowest BCUT2D eigenvalue weighted by molar-refractivity contribution is 0.106. The van der Waals surface area contributed by atoms with Gasteiger partial charge in [-0.25, -0.2) is 4.21 Å². The summed E-state index contributed by atoms with van der Waals surface area (Å²) in [6.45, 7) is 7.82. The van der Waals surface area contributed by atoms with E-state index in [0.29, 0.717) is 0 Å². The van der Waals surface area contributed by atoms with E-state index in [4.69, 9.17) is 0 Å². The molecular formula is C14H20O2S. The number of benzene rings is 1. The van der Waals surface area contributed by atoms with Crippen LogP contribution in [0.4, 0.5) is 0 Å².